The largest absolute Gasteiger partial charge is 0.385 e. The Hall–Kier alpha value is -1.64. The second-order valence-electron chi connectivity index (χ2n) is 3.78. The molecule has 0 aliphatic heterocycles. The first kappa shape index (κ1) is 12.4. The molecule has 0 spiro atoms. The molecule has 0 saturated carbocycles. The number of Topliss-reactive ketones (excluding diaryl/α,β-unsaturated/α-hetero) is 1. The van der Waals surface area contributed by atoms with Crippen molar-refractivity contribution < 1.29 is 9.59 Å². The summed E-state index contributed by atoms with van der Waals surface area (Å²) in [6, 6.07) is 7.96. The van der Waals surface area contributed by atoms with Crippen LogP contribution in [0.1, 0.15) is 25.3 Å². The molecular weight excluding hydrogens is 202 g/mol. The first-order chi connectivity index (χ1) is 7.72. The summed E-state index contributed by atoms with van der Waals surface area (Å²) in [5.74, 6) is 0.216. The first-order valence-electron chi connectivity index (χ1n) is 5.48. The Morgan fingerprint density at radius 1 is 1.31 bits per heavy atom. The molecule has 0 bridgehead atoms. The number of rotatable bonds is 7. The van der Waals surface area contributed by atoms with Crippen molar-refractivity contribution >= 4 is 17.8 Å². The van der Waals surface area contributed by atoms with Gasteiger partial charge in [-0.05, 0) is 31.0 Å². The van der Waals surface area contributed by atoms with Crippen LogP contribution in [0.25, 0.3) is 0 Å². The molecule has 0 atom stereocenters. The second kappa shape index (κ2) is 6.77. The number of carbonyl (C=O) groups is 2. The molecule has 3 heteroatoms. The molecule has 0 radical (unpaired) electrons. The molecule has 16 heavy (non-hydrogen) atoms. The summed E-state index contributed by atoms with van der Waals surface area (Å²) < 4.78 is 0. The van der Waals surface area contributed by atoms with Crippen molar-refractivity contribution in [3.8, 4) is 0 Å². The van der Waals surface area contributed by atoms with E-state index >= 15 is 0 Å². The Morgan fingerprint density at radius 3 is 2.56 bits per heavy atom. The highest BCUT2D eigenvalue weighted by Crippen LogP contribution is 2.11. The number of anilines is 1. The number of aldehydes is 1. The van der Waals surface area contributed by atoms with Crippen molar-refractivity contribution in [1.29, 1.82) is 0 Å². The lowest BCUT2D eigenvalue weighted by molar-refractivity contribution is -0.117. The van der Waals surface area contributed by atoms with E-state index in [4.69, 9.17) is 0 Å². The fourth-order valence-corrected chi connectivity index (χ4v) is 1.39. The first-order valence-corrected chi connectivity index (χ1v) is 5.48. The third kappa shape index (κ3) is 4.73. The molecule has 0 aliphatic carbocycles. The summed E-state index contributed by atoms with van der Waals surface area (Å²) in [6.45, 7) is 2.27. The minimum atomic E-state index is 0.216. The Labute approximate surface area is 95.9 Å². The molecule has 3 nitrogen and oxygen atoms in total. The number of nitrogens with one attached hydrogen (secondary N) is 1. The normalized spacial score (nSPS) is 9.81. The van der Waals surface area contributed by atoms with Crippen LogP contribution in [-0.4, -0.2) is 18.6 Å². The van der Waals surface area contributed by atoms with Crippen LogP contribution in [0, 0.1) is 0 Å². The molecule has 1 aromatic rings. The molecule has 0 saturated heterocycles. The van der Waals surface area contributed by atoms with Gasteiger partial charge in [-0.15, -0.1) is 0 Å². The monoisotopic (exact) mass is 219 g/mol. The Bertz CT molecular complexity index is 343. The minimum Gasteiger partial charge on any atom is -0.385 e. The molecule has 0 heterocycles. The number of carbonyl (C=O) groups excluding carboxylic acids is 2. The van der Waals surface area contributed by atoms with Gasteiger partial charge in [0.05, 0.1) is 0 Å². The zero-order chi connectivity index (χ0) is 11.8. The molecule has 1 aromatic carbocycles. The van der Waals surface area contributed by atoms with Crippen LogP contribution in [0.15, 0.2) is 24.3 Å². The quantitative estimate of drug-likeness (QED) is 0.565. The molecule has 0 fully saturated rings. The van der Waals surface area contributed by atoms with Gasteiger partial charge in [-0.2, -0.15) is 0 Å². The molecule has 1 rings (SSSR count). The maximum absolute atomic E-state index is 10.8. The third-order valence-corrected chi connectivity index (χ3v) is 2.31. The van der Waals surface area contributed by atoms with E-state index in [9.17, 15) is 9.59 Å². The van der Waals surface area contributed by atoms with Crippen LogP contribution in [0.3, 0.4) is 0 Å². The highest BCUT2D eigenvalue weighted by atomic mass is 16.1. The fourth-order valence-electron chi connectivity index (χ4n) is 1.39. The molecule has 0 amide bonds. The number of ketones is 1. The third-order valence-electron chi connectivity index (χ3n) is 2.31. The van der Waals surface area contributed by atoms with E-state index in [-0.39, 0.29) is 5.78 Å². The van der Waals surface area contributed by atoms with Gasteiger partial charge in [0.25, 0.3) is 0 Å². The summed E-state index contributed by atoms with van der Waals surface area (Å²) >= 11 is 0. The summed E-state index contributed by atoms with van der Waals surface area (Å²) in [5.41, 5.74) is 2.17. The average molecular weight is 219 g/mol. The lowest BCUT2D eigenvalue weighted by Crippen LogP contribution is -2.01. The topological polar surface area (TPSA) is 46.2 Å². The fraction of sp³-hybridized carbons (Fsp3) is 0.385. The smallest absolute Gasteiger partial charge is 0.130 e. The van der Waals surface area contributed by atoms with Gasteiger partial charge in [-0.3, -0.25) is 0 Å². The van der Waals surface area contributed by atoms with Crippen LogP contribution >= 0.6 is 0 Å². The summed E-state index contributed by atoms with van der Waals surface area (Å²) in [7, 11) is 0. The lowest BCUT2D eigenvalue weighted by atomic mass is 10.1. The molecule has 0 unspecified atom stereocenters. The van der Waals surface area contributed by atoms with Gasteiger partial charge in [0, 0.05) is 25.1 Å². The van der Waals surface area contributed by atoms with E-state index in [0.29, 0.717) is 19.4 Å². The van der Waals surface area contributed by atoms with E-state index in [1.54, 1.807) is 6.92 Å². The van der Waals surface area contributed by atoms with Crippen LogP contribution in [0.2, 0.25) is 0 Å². The van der Waals surface area contributed by atoms with Gasteiger partial charge in [0.1, 0.15) is 12.1 Å². The van der Waals surface area contributed by atoms with Crippen molar-refractivity contribution in [2.24, 2.45) is 0 Å². The summed E-state index contributed by atoms with van der Waals surface area (Å²) in [4.78, 5) is 20.9. The van der Waals surface area contributed by atoms with Crippen LogP contribution in [-0.2, 0) is 16.0 Å². The van der Waals surface area contributed by atoms with Crippen LogP contribution < -0.4 is 5.32 Å². The van der Waals surface area contributed by atoms with Crippen molar-refractivity contribution in [1.82, 2.24) is 0 Å². The Kier molecular flexibility index (Phi) is 5.26. The van der Waals surface area contributed by atoms with Crippen molar-refractivity contribution in [3.63, 3.8) is 0 Å². The second-order valence-corrected chi connectivity index (χ2v) is 3.78. The molecule has 0 aliphatic rings. The highest BCUT2D eigenvalue weighted by Gasteiger charge is 1.97. The maximum atomic E-state index is 10.8. The van der Waals surface area contributed by atoms with Crippen molar-refractivity contribution in [2.75, 3.05) is 11.9 Å². The maximum Gasteiger partial charge on any atom is 0.130 e. The molecule has 1 N–H and O–H groups in total. The van der Waals surface area contributed by atoms with Gasteiger partial charge in [-0.1, -0.05) is 12.1 Å². The molecule has 0 aromatic heterocycles. The van der Waals surface area contributed by atoms with Gasteiger partial charge < -0.3 is 14.9 Å². The Morgan fingerprint density at radius 2 is 2.00 bits per heavy atom. The number of hydrogen-bond donors (Lipinski definition) is 1. The zero-order valence-corrected chi connectivity index (χ0v) is 9.53. The standard InChI is InChI=1S/C13H17NO2/c1-11(16)3-4-12-5-7-13(8-6-12)14-9-2-10-15/h5-8,10,14H,2-4,9H2,1H3. The number of aryl methyl sites for hydroxylation is 1. The van der Waals surface area contributed by atoms with E-state index < -0.39 is 0 Å². The lowest BCUT2D eigenvalue weighted by Gasteiger charge is -2.05. The average Bonchev–Trinajstić information content (AvgIpc) is 2.28. The summed E-state index contributed by atoms with van der Waals surface area (Å²) in [6.07, 6.45) is 2.81. The van der Waals surface area contributed by atoms with Gasteiger partial charge in [0.15, 0.2) is 0 Å². The predicted molar refractivity (Wildman–Crippen MR) is 64.6 cm³/mol. The molecule has 86 valence electrons. The minimum absolute atomic E-state index is 0.216. The van der Waals surface area contributed by atoms with E-state index in [2.05, 4.69) is 5.32 Å². The van der Waals surface area contributed by atoms with Crippen molar-refractivity contribution in [3.05, 3.63) is 29.8 Å². The predicted octanol–water partition coefficient (Wildman–Crippen LogP) is 2.21. The van der Waals surface area contributed by atoms with Gasteiger partial charge in [-0.25, -0.2) is 0 Å². The van der Waals surface area contributed by atoms with E-state index in [1.807, 2.05) is 24.3 Å². The van der Waals surface area contributed by atoms with E-state index in [1.165, 1.54) is 0 Å². The van der Waals surface area contributed by atoms with Crippen LogP contribution in [0.4, 0.5) is 5.69 Å². The van der Waals surface area contributed by atoms with Crippen molar-refractivity contribution in [2.45, 2.75) is 26.2 Å². The Balaban J connectivity index is 2.41. The SMILES string of the molecule is CC(=O)CCc1ccc(NCCC=O)cc1. The van der Waals surface area contributed by atoms with Gasteiger partial charge >= 0.3 is 0 Å². The highest BCUT2D eigenvalue weighted by molar-refractivity contribution is 5.75. The van der Waals surface area contributed by atoms with Crippen LogP contribution in [0.5, 0.6) is 0 Å². The number of hydrogen-bond acceptors (Lipinski definition) is 3. The molecular formula is C13H17NO2. The van der Waals surface area contributed by atoms with E-state index in [0.717, 1.165) is 24.0 Å². The summed E-state index contributed by atoms with van der Waals surface area (Å²) in [5, 5.41) is 3.14. The zero-order valence-electron chi connectivity index (χ0n) is 9.53. The van der Waals surface area contributed by atoms with Gasteiger partial charge in [0.2, 0.25) is 0 Å². The number of benzene rings is 1.